The van der Waals surface area contributed by atoms with Crippen LogP contribution in [-0.4, -0.2) is 20.9 Å². The molecule has 0 aliphatic rings. The number of hydrogen-bond donors (Lipinski definition) is 1. The minimum atomic E-state index is -0.699. The molecule has 8 heteroatoms. The van der Waals surface area contributed by atoms with Crippen LogP contribution >= 0.6 is 23.3 Å². The average Bonchev–Trinajstić information content (AvgIpc) is 2.84. The molecular formula is C10H10F2N4S2. The van der Waals surface area contributed by atoms with Crippen LogP contribution < -0.4 is 5.32 Å². The molecule has 0 saturated carbocycles. The van der Waals surface area contributed by atoms with E-state index in [2.05, 4.69) is 19.7 Å². The fraction of sp³-hybridized carbons (Fsp3) is 0.300. The Morgan fingerprint density at radius 2 is 2.22 bits per heavy atom. The van der Waals surface area contributed by atoms with E-state index in [4.69, 9.17) is 0 Å². The topological polar surface area (TPSA) is 50.7 Å². The molecule has 18 heavy (non-hydrogen) atoms. The summed E-state index contributed by atoms with van der Waals surface area (Å²) in [7, 11) is 0. The molecule has 1 N–H and O–H groups in total. The smallest absolute Gasteiger partial charge is 0.176 e. The van der Waals surface area contributed by atoms with Crippen LogP contribution in [0.5, 0.6) is 0 Å². The Hall–Kier alpha value is -1.28. The molecule has 0 saturated heterocycles. The molecular weight excluding hydrogens is 278 g/mol. The van der Waals surface area contributed by atoms with Gasteiger partial charge in [-0.15, -0.1) is 0 Å². The number of aromatic nitrogens is 3. The van der Waals surface area contributed by atoms with Gasteiger partial charge in [-0.25, -0.2) is 18.7 Å². The van der Waals surface area contributed by atoms with Gasteiger partial charge in [0.15, 0.2) is 21.8 Å². The van der Waals surface area contributed by atoms with E-state index in [9.17, 15) is 8.78 Å². The van der Waals surface area contributed by atoms with Gasteiger partial charge in [0.05, 0.1) is 0 Å². The first kappa shape index (κ1) is 13.2. The summed E-state index contributed by atoms with van der Waals surface area (Å²) in [4.78, 5) is 7.84. The lowest BCUT2D eigenvalue weighted by atomic mass is 10.4. The Morgan fingerprint density at radius 3 is 2.89 bits per heavy atom. The van der Waals surface area contributed by atoms with E-state index < -0.39 is 11.6 Å². The van der Waals surface area contributed by atoms with Crippen molar-refractivity contribution in [2.45, 2.75) is 22.7 Å². The zero-order valence-corrected chi connectivity index (χ0v) is 11.1. The van der Waals surface area contributed by atoms with Gasteiger partial charge in [-0.1, -0.05) is 6.92 Å². The standard InChI is InChI=1S/C10H10F2N4S2/c1-2-3-13-8-6(11)4-7(12)9(16-8)17-10-14-5-15-18-10/h4-5H,2-3H2,1H3,(H,13,16). The van der Waals surface area contributed by atoms with Crippen molar-refractivity contribution in [3.8, 4) is 0 Å². The molecule has 0 spiro atoms. The van der Waals surface area contributed by atoms with Crippen molar-refractivity contribution >= 4 is 29.1 Å². The summed E-state index contributed by atoms with van der Waals surface area (Å²) in [5.74, 6) is -1.33. The second-order valence-electron chi connectivity index (χ2n) is 3.34. The molecule has 2 aromatic heterocycles. The van der Waals surface area contributed by atoms with Crippen LogP contribution in [0.3, 0.4) is 0 Å². The summed E-state index contributed by atoms with van der Waals surface area (Å²) in [5, 5.41) is 2.90. The zero-order valence-electron chi connectivity index (χ0n) is 9.48. The molecule has 2 aromatic rings. The van der Waals surface area contributed by atoms with Crippen LogP contribution in [0.4, 0.5) is 14.6 Å². The molecule has 0 aliphatic carbocycles. The molecule has 0 amide bonds. The van der Waals surface area contributed by atoms with Crippen molar-refractivity contribution in [1.29, 1.82) is 0 Å². The van der Waals surface area contributed by atoms with Gasteiger partial charge >= 0.3 is 0 Å². The van der Waals surface area contributed by atoms with Crippen LogP contribution in [0.1, 0.15) is 13.3 Å². The molecule has 96 valence electrons. The quantitative estimate of drug-likeness (QED) is 0.915. The summed E-state index contributed by atoms with van der Waals surface area (Å²) in [6.07, 6.45) is 2.21. The fourth-order valence-electron chi connectivity index (χ4n) is 1.18. The summed E-state index contributed by atoms with van der Waals surface area (Å²) >= 11 is 2.16. The minimum Gasteiger partial charge on any atom is -0.368 e. The minimum absolute atomic E-state index is 0.0604. The highest BCUT2D eigenvalue weighted by Gasteiger charge is 2.14. The van der Waals surface area contributed by atoms with Gasteiger partial charge in [-0.05, 0) is 29.7 Å². The van der Waals surface area contributed by atoms with E-state index in [0.717, 1.165) is 35.8 Å². The van der Waals surface area contributed by atoms with E-state index in [-0.39, 0.29) is 10.8 Å². The molecule has 4 nitrogen and oxygen atoms in total. The number of anilines is 1. The third-order valence-corrected chi connectivity index (χ3v) is 3.66. The maximum Gasteiger partial charge on any atom is 0.176 e. The molecule has 0 aliphatic heterocycles. The highest BCUT2D eigenvalue weighted by Crippen LogP contribution is 2.30. The van der Waals surface area contributed by atoms with Gasteiger partial charge in [0.1, 0.15) is 11.4 Å². The zero-order chi connectivity index (χ0) is 13.0. The van der Waals surface area contributed by atoms with E-state index in [1.165, 1.54) is 6.33 Å². The van der Waals surface area contributed by atoms with Crippen LogP contribution in [0.15, 0.2) is 21.8 Å². The molecule has 0 fully saturated rings. The fourth-order valence-corrected chi connectivity index (χ4v) is 2.53. The van der Waals surface area contributed by atoms with Crippen LogP contribution in [0.25, 0.3) is 0 Å². The predicted molar refractivity (Wildman–Crippen MR) is 67.0 cm³/mol. The highest BCUT2D eigenvalue weighted by molar-refractivity contribution is 8.00. The maximum atomic E-state index is 13.5. The summed E-state index contributed by atoms with van der Waals surface area (Å²) < 4.78 is 31.4. The summed E-state index contributed by atoms with van der Waals surface area (Å²) in [6.45, 7) is 2.53. The lowest BCUT2D eigenvalue weighted by molar-refractivity contribution is 0.551. The van der Waals surface area contributed by atoms with E-state index in [1.807, 2.05) is 6.92 Å². The van der Waals surface area contributed by atoms with Gasteiger partial charge < -0.3 is 5.32 Å². The number of nitrogens with zero attached hydrogens (tertiary/aromatic N) is 3. The van der Waals surface area contributed by atoms with Crippen LogP contribution in [0.2, 0.25) is 0 Å². The summed E-state index contributed by atoms with van der Waals surface area (Å²) in [6, 6.07) is 0.828. The third kappa shape index (κ3) is 3.14. The molecule has 2 rings (SSSR count). The van der Waals surface area contributed by atoms with Gasteiger partial charge in [-0.2, -0.15) is 4.37 Å². The van der Waals surface area contributed by atoms with Crippen LogP contribution in [0, 0.1) is 11.6 Å². The van der Waals surface area contributed by atoms with Gasteiger partial charge in [0, 0.05) is 12.6 Å². The number of rotatable bonds is 5. The first-order chi connectivity index (χ1) is 8.70. The van der Waals surface area contributed by atoms with Crippen molar-refractivity contribution in [2.24, 2.45) is 0 Å². The van der Waals surface area contributed by atoms with Crippen molar-refractivity contribution in [3.63, 3.8) is 0 Å². The van der Waals surface area contributed by atoms with E-state index >= 15 is 0 Å². The SMILES string of the molecule is CCCNc1nc(Sc2ncns2)c(F)cc1F. The Morgan fingerprint density at radius 1 is 1.39 bits per heavy atom. The van der Waals surface area contributed by atoms with Gasteiger partial charge in [0.25, 0.3) is 0 Å². The lowest BCUT2D eigenvalue weighted by Crippen LogP contribution is -2.06. The number of halogens is 2. The third-order valence-electron chi connectivity index (χ3n) is 1.96. The second-order valence-corrected chi connectivity index (χ2v) is 5.36. The monoisotopic (exact) mass is 288 g/mol. The molecule has 0 bridgehead atoms. The molecule has 2 heterocycles. The van der Waals surface area contributed by atoms with E-state index in [1.54, 1.807) is 0 Å². The predicted octanol–water partition coefficient (Wildman–Crippen LogP) is 3.18. The normalized spacial score (nSPS) is 10.6. The second kappa shape index (κ2) is 6.05. The number of hydrogen-bond acceptors (Lipinski definition) is 6. The number of nitrogens with one attached hydrogen (secondary N) is 1. The van der Waals surface area contributed by atoms with Crippen molar-refractivity contribution in [2.75, 3.05) is 11.9 Å². The van der Waals surface area contributed by atoms with Crippen molar-refractivity contribution < 1.29 is 8.78 Å². The lowest BCUT2D eigenvalue weighted by Gasteiger charge is -2.07. The highest BCUT2D eigenvalue weighted by atomic mass is 32.2. The average molecular weight is 288 g/mol. The van der Waals surface area contributed by atoms with Gasteiger partial charge in [-0.3, -0.25) is 0 Å². The largest absolute Gasteiger partial charge is 0.368 e. The number of pyridine rings is 1. The Balaban J connectivity index is 2.23. The van der Waals surface area contributed by atoms with Crippen molar-refractivity contribution in [1.82, 2.24) is 14.3 Å². The Bertz CT molecular complexity index is 519. The molecule has 0 aromatic carbocycles. The summed E-state index contributed by atoms with van der Waals surface area (Å²) in [5.41, 5.74) is 0. The Kier molecular flexibility index (Phi) is 4.43. The molecule has 0 atom stereocenters. The van der Waals surface area contributed by atoms with Crippen LogP contribution in [-0.2, 0) is 0 Å². The maximum absolute atomic E-state index is 13.5. The van der Waals surface area contributed by atoms with E-state index in [0.29, 0.717) is 10.9 Å². The first-order valence-electron chi connectivity index (χ1n) is 5.25. The molecule has 0 radical (unpaired) electrons. The molecule has 0 unspecified atom stereocenters. The Labute approximate surface area is 111 Å². The first-order valence-corrected chi connectivity index (χ1v) is 6.84. The van der Waals surface area contributed by atoms with Gasteiger partial charge in [0.2, 0.25) is 0 Å². The van der Waals surface area contributed by atoms with Crippen molar-refractivity contribution in [3.05, 3.63) is 24.0 Å².